The molecule has 1 amide bonds. The topological polar surface area (TPSA) is 122 Å². The molecule has 1 rings (SSSR count). The van der Waals surface area contributed by atoms with E-state index in [4.69, 9.17) is 5.73 Å². The van der Waals surface area contributed by atoms with Crippen LogP contribution in [0.15, 0.2) is 30.3 Å². The summed E-state index contributed by atoms with van der Waals surface area (Å²) < 4.78 is 23.9. The summed E-state index contributed by atoms with van der Waals surface area (Å²) in [6.07, 6.45) is 0.0552. The third-order valence-corrected chi connectivity index (χ3v) is 3.51. The third kappa shape index (κ3) is 7.19. The lowest BCUT2D eigenvalue weighted by atomic mass is 10.0. The maximum Gasteiger partial charge on any atom is 0.250 e. The molecular weight excluding hydrogens is 294 g/mol. The number of carbonyl (C=O) groups excluding carboxylic acids is 1. The molecule has 7 nitrogen and oxygen atoms in total. The van der Waals surface area contributed by atoms with Gasteiger partial charge in [0, 0.05) is 19.1 Å². The van der Waals surface area contributed by atoms with Crippen LogP contribution in [0.4, 0.5) is 0 Å². The first-order valence-corrected chi connectivity index (χ1v) is 8.38. The second-order valence-electron chi connectivity index (χ2n) is 4.76. The van der Waals surface area contributed by atoms with Crippen molar-refractivity contribution in [1.29, 1.82) is 0 Å². The first-order valence-electron chi connectivity index (χ1n) is 6.49. The van der Waals surface area contributed by atoms with E-state index in [1.807, 2.05) is 30.3 Å². The standard InChI is InChI=1S/C13H21N3O4S/c1-21(19,20)16-8-7-15-13(18)12(17)11(14)9-10-5-3-2-4-6-10/h2-6,11-12,16-17H,7-9,14H2,1H3,(H,15,18)/t11-,12+/m0/s1. The van der Waals surface area contributed by atoms with Crippen LogP contribution >= 0.6 is 0 Å². The lowest BCUT2D eigenvalue weighted by molar-refractivity contribution is -0.130. The van der Waals surface area contributed by atoms with Gasteiger partial charge in [0.15, 0.2) is 0 Å². The Morgan fingerprint density at radius 2 is 1.90 bits per heavy atom. The Bertz CT molecular complexity index is 548. The van der Waals surface area contributed by atoms with Crippen LogP contribution in [0.5, 0.6) is 0 Å². The van der Waals surface area contributed by atoms with Crippen LogP contribution in [-0.2, 0) is 21.2 Å². The van der Waals surface area contributed by atoms with Crippen LogP contribution in [0, 0.1) is 0 Å². The highest BCUT2D eigenvalue weighted by Gasteiger charge is 2.22. The minimum atomic E-state index is -3.29. The van der Waals surface area contributed by atoms with Crippen LogP contribution in [0.3, 0.4) is 0 Å². The number of aliphatic hydroxyl groups is 1. The molecule has 0 aliphatic rings. The maximum absolute atomic E-state index is 11.7. The zero-order chi connectivity index (χ0) is 15.9. The van der Waals surface area contributed by atoms with Crippen molar-refractivity contribution in [3.05, 3.63) is 35.9 Å². The number of hydrogen-bond acceptors (Lipinski definition) is 5. The Kier molecular flexibility index (Phi) is 6.76. The highest BCUT2D eigenvalue weighted by molar-refractivity contribution is 7.88. The average Bonchev–Trinajstić information content (AvgIpc) is 2.42. The predicted molar refractivity (Wildman–Crippen MR) is 80.0 cm³/mol. The van der Waals surface area contributed by atoms with Gasteiger partial charge < -0.3 is 16.2 Å². The van der Waals surface area contributed by atoms with E-state index in [1.165, 1.54) is 0 Å². The van der Waals surface area contributed by atoms with Gasteiger partial charge in [-0.25, -0.2) is 13.1 Å². The molecule has 0 saturated carbocycles. The largest absolute Gasteiger partial charge is 0.382 e. The van der Waals surface area contributed by atoms with Crippen LogP contribution < -0.4 is 15.8 Å². The molecule has 2 atom stereocenters. The molecule has 1 aromatic rings. The quantitative estimate of drug-likeness (QED) is 0.439. The van der Waals surface area contributed by atoms with Gasteiger partial charge in [0.1, 0.15) is 6.10 Å². The minimum absolute atomic E-state index is 0.0607. The van der Waals surface area contributed by atoms with Crippen LogP contribution in [0.25, 0.3) is 0 Å². The maximum atomic E-state index is 11.7. The van der Waals surface area contributed by atoms with Crippen molar-refractivity contribution in [1.82, 2.24) is 10.0 Å². The number of carbonyl (C=O) groups is 1. The van der Waals surface area contributed by atoms with E-state index in [-0.39, 0.29) is 13.1 Å². The predicted octanol–water partition coefficient (Wildman–Crippen LogP) is -1.42. The van der Waals surface area contributed by atoms with Crippen molar-refractivity contribution in [2.45, 2.75) is 18.6 Å². The minimum Gasteiger partial charge on any atom is -0.382 e. The average molecular weight is 315 g/mol. The fraction of sp³-hybridized carbons (Fsp3) is 0.462. The molecule has 0 saturated heterocycles. The van der Waals surface area contributed by atoms with Crippen LogP contribution in [0.2, 0.25) is 0 Å². The summed E-state index contributed by atoms with van der Waals surface area (Å²) in [5.74, 6) is -0.617. The smallest absolute Gasteiger partial charge is 0.250 e. The Morgan fingerprint density at radius 3 is 2.48 bits per heavy atom. The van der Waals surface area contributed by atoms with Crippen molar-refractivity contribution >= 4 is 15.9 Å². The Hall–Kier alpha value is -1.48. The summed E-state index contributed by atoms with van der Waals surface area (Å²) in [5.41, 5.74) is 6.73. The van der Waals surface area contributed by atoms with Gasteiger partial charge in [0.2, 0.25) is 10.0 Å². The Morgan fingerprint density at radius 1 is 1.29 bits per heavy atom. The van der Waals surface area contributed by atoms with Crippen molar-refractivity contribution < 1.29 is 18.3 Å². The highest BCUT2D eigenvalue weighted by atomic mass is 32.2. The molecule has 0 fully saturated rings. The zero-order valence-electron chi connectivity index (χ0n) is 11.8. The first-order chi connectivity index (χ1) is 9.79. The molecule has 0 aliphatic heterocycles. The van der Waals surface area contributed by atoms with E-state index < -0.39 is 28.1 Å². The summed E-state index contributed by atoms with van der Waals surface area (Å²) >= 11 is 0. The molecule has 21 heavy (non-hydrogen) atoms. The van der Waals surface area contributed by atoms with E-state index >= 15 is 0 Å². The van der Waals surface area contributed by atoms with Crippen molar-refractivity contribution in [2.24, 2.45) is 5.73 Å². The Balaban J connectivity index is 2.36. The van der Waals surface area contributed by atoms with Gasteiger partial charge in [-0.05, 0) is 12.0 Å². The van der Waals surface area contributed by atoms with Gasteiger partial charge in [-0.1, -0.05) is 30.3 Å². The van der Waals surface area contributed by atoms with Gasteiger partial charge >= 0.3 is 0 Å². The van der Waals surface area contributed by atoms with Crippen molar-refractivity contribution in [2.75, 3.05) is 19.3 Å². The number of rotatable bonds is 8. The van der Waals surface area contributed by atoms with Gasteiger partial charge in [0.05, 0.1) is 6.26 Å². The summed E-state index contributed by atoms with van der Waals surface area (Å²) in [4.78, 5) is 11.7. The molecule has 0 unspecified atom stereocenters. The van der Waals surface area contributed by atoms with Gasteiger partial charge in [-0.15, -0.1) is 0 Å². The zero-order valence-corrected chi connectivity index (χ0v) is 12.6. The van der Waals surface area contributed by atoms with Crippen LogP contribution in [-0.4, -0.2) is 50.9 Å². The van der Waals surface area contributed by atoms with Crippen LogP contribution in [0.1, 0.15) is 5.56 Å². The molecule has 1 aromatic carbocycles. The number of nitrogens with one attached hydrogen (secondary N) is 2. The molecule has 5 N–H and O–H groups in total. The number of hydrogen-bond donors (Lipinski definition) is 4. The van der Waals surface area contributed by atoms with Crippen molar-refractivity contribution in [3.63, 3.8) is 0 Å². The fourth-order valence-electron chi connectivity index (χ4n) is 1.72. The van der Waals surface area contributed by atoms with E-state index in [2.05, 4.69) is 10.0 Å². The summed E-state index contributed by atoms with van der Waals surface area (Å²) in [6, 6.07) is 8.57. The Labute approximate surface area is 124 Å². The van der Waals surface area contributed by atoms with E-state index in [0.717, 1.165) is 11.8 Å². The second-order valence-corrected chi connectivity index (χ2v) is 6.59. The van der Waals surface area contributed by atoms with E-state index in [0.29, 0.717) is 6.42 Å². The fourth-order valence-corrected chi connectivity index (χ4v) is 2.19. The highest BCUT2D eigenvalue weighted by Crippen LogP contribution is 2.04. The molecule has 8 heteroatoms. The molecule has 0 bridgehead atoms. The first kappa shape index (κ1) is 17.6. The summed E-state index contributed by atoms with van der Waals surface area (Å²) in [5, 5.41) is 12.3. The molecular formula is C13H21N3O4S. The molecule has 0 heterocycles. The lowest BCUT2D eigenvalue weighted by Crippen LogP contribution is -2.48. The number of amides is 1. The molecule has 0 radical (unpaired) electrons. The van der Waals surface area contributed by atoms with Gasteiger partial charge in [0.25, 0.3) is 5.91 Å². The SMILES string of the molecule is CS(=O)(=O)NCCNC(=O)[C@H](O)[C@@H](N)Cc1ccccc1. The van der Waals surface area contributed by atoms with E-state index in [9.17, 15) is 18.3 Å². The normalized spacial score (nSPS) is 14.4. The van der Waals surface area contributed by atoms with E-state index in [1.54, 1.807) is 0 Å². The number of benzene rings is 1. The molecule has 0 aliphatic carbocycles. The van der Waals surface area contributed by atoms with Gasteiger partial charge in [-0.3, -0.25) is 4.79 Å². The third-order valence-electron chi connectivity index (χ3n) is 2.78. The van der Waals surface area contributed by atoms with Crippen molar-refractivity contribution in [3.8, 4) is 0 Å². The molecule has 0 spiro atoms. The number of sulfonamides is 1. The molecule has 118 valence electrons. The summed E-state index contributed by atoms with van der Waals surface area (Å²) in [6.45, 7) is 0.145. The summed E-state index contributed by atoms with van der Waals surface area (Å²) in [7, 11) is -3.29. The molecule has 0 aromatic heterocycles. The number of nitrogens with two attached hydrogens (primary N) is 1. The monoisotopic (exact) mass is 315 g/mol. The van der Waals surface area contributed by atoms with Gasteiger partial charge in [-0.2, -0.15) is 0 Å². The lowest BCUT2D eigenvalue weighted by Gasteiger charge is -2.18. The number of aliphatic hydroxyl groups excluding tert-OH is 1. The second kappa shape index (κ2) is 8.08.